The van der Waals surface area contributed by atoms with Crippen molar-refractivity contribution in [3.05, 3.63) is 0 Å². The van der Waals surface area contributed by atoms with Crippen LogP contribution in [-0.2, 0) is 14.8 Å². The molecule has 0 aromatic heterocycles. The standard InChI is InChI=1S/C13H20N2O3S/c1-2-9-15(12-13-7-6-10-18-13)19(16,17)11-5-3-4-8-14/h1,13H,3-7,9-12H2/t13-/m0/s1. The molecule has 0 radical (unpaired) electrons. The quantitative estimate of drug-likeness (QED) is 0.495. The molecule has 0 unspecified atom stereocenters. The maximum absolute atomic E-state index is 12.2. The highest BCUT2D eigenvalue weighted by Crippen LogP contribution is 2.16. The fourth-order valence-electron chi connectivity index (χ4n) is 2.01. The summed E-state index contributed by atoms with van der Waals surface area (Å²) in [5.41, 5.74) is 0. The van der Waals surface area contributed by atoms with Gasteiger partial charge in [0.05, 0.1) is 24.5 Å². The van der Waals surface area contributed by atoms with E-state index in [1.165, 1.54) is 4.31 Å². The molecular formula is C13H20N2O3S. The second kappa shape index (κ2) is 8.16. The van der Waals surface area contributed by atoms with E-state index in [0.29, 0.717) is 32.4 Å². The number of sulfonamides is 1. The number of terminal acetylenes is 1. The first kappa shape index (κ1) is 16.0. The molecule has 0 aromatic carbocycles. The third kappa shape index (κ3) is 5.61. The van der Waals surface area contributed by atoms with Crippen LogP contribution in [0.15, 0.2) is 0 Å². The highest BCUT2D eigenvalue weighted by Gasteiger charge is 2.26. The van der Waals surface area contributed by atoms with E-state index in [2.05, 4.69) is 5.92 Å². The first-order valence-electron chi connectivity index (χ1n) is 6.50. The van der Waals surface area contributed by atoms with Gasteiger partial charge in [0, 0.05) is 19.6 Å². The summed E-state index contributed by atoms with van der Waals surface area (Å²) in [6.07, 6.45) is 8.52. The predicted octanol–water partition coefficient (Wildman–Crippen LogP) is 1.12. The first-order valence-corrected chi connectivity index (χ1v) is 8.11. The Bertz CT molecular complexity index is 441. The van der Waals surface area contributed by atoms with Gasteiger partial charge in [-0.05, 0) is 25.7 Å². The van der Waals surface area contributed by atoms with Gasteiger partial charge in [0.2, 0.25) is 10.0 Å². The second-order valence-electron chi connectivity index (χ2n) is 4.56. The fraction of sp³-hybridized carbons (Fsp3) is 0.769. The molecule has 1 heterocycles. The van der Waals surface area contributed by atoms with E-state index in [0.717, 1.165) is 12.8 Å². The normalized spacial score (nSPS) is 19.2. The van der Waals surface area contributed by atoms with E-state index in [4.69, 9.17) is 16.4 Å². The van der Waals surface area contributed by atoms with E-state index in [-0.39, 0.29) is 18.4 Å². The number of nitriles is 1. The molecule has 0 bridgehead atoms. The van der Waals surface area contributed by atoms with Gasteiger partial charge in [0.25, 0.3) is 0 Å². The van der Waals surface area contributed by atoms with Crippen molar-refractivity contribution in [2.75, 3.05) is 25.4 Å². The van der Waals surface area contributed by atoms with Crippen molar-refractivity contribution in [1.82, 2.24) is 4.31 Å². The van der Waals surface area contributed by atoms with Gasteiger partial charge < -0.3 is 4.74 Å². The Hall–Kier alpha value is -1.08. The minimum Gasteiger partial charge on any atom is -0.377 e. The fourth-order valence-corrected chi connectivity index (χ4v) is 3.50. The lowest BCUT2D eigenvalue weighted by Crippen LogP contribution is -2.39. The van der Waals surface area contributed by atoms with Crippen LogP contribution in [-0.4, -0.2) is 44.3 Å². The molecule has 1 fully saturated rings. The Morgan fingerprint density at radius 3 is 2.79 bits per heavy atom. The molecule has 1 rings (SSSR count). The van der Waals surface area contributed by atoms with Crippen LogP contribution in [0.5, 0.6) is 0 Å². The van der Waals surface area contributed by atoms with Crippen molar-refractivity contribution < 1.29 is 13.2 Å². The minimum atomic E-state index is -3.35. The van der Waals surface area contributed by atoms with Crippen LogP contribution in [0.2, 0.25) is 0 Å². The second-order valence-corrected chi connectivity index (χ2v) is 6.65. The van der Waals surface area contributed by atoms with Crippen LogP contribution in [0.4, 0.5) is 0 Å². The Morgan fingerprint density at radius 2 is 2.21 bits per heavy atom. The van der Waals surface area contributed by atoms with Crippen LogP contribution in [0, 0.1) is 23.7 Å². The molecule has 0 aromatic rings. The van der Waals surface area contributed by atoms with Crippen LogP contribution < -0.4 is 0 Å². The minimum absolute atomic E-state index is 0.0396. The molecule has 106 valence electrons. The van der Waals surface area contributed by atoms with Crippen molar-refractivity contribution in [2.24, 2.45) is 0 Å². The third-order valence-electron chi connectivity index (χ3n) is 3.03. The number of rotatable bonds is 8. The molecule has 0 amide bonds. The van der Waals surface area contributed by atoms with Crippen molar-refractivity contribution in [3.8, 4) is 18.4 Å². The molecule has 1 aliphatic heterocycles. The van der Waals surface area contributed by atoms with Crippen LogP contribution in [0.25, 0.3) is 0 Å². The zero-order valence-corrected chi connectivity index (χ0v) is 11.9. The van der Waals surface area contributed by atoms with Crippen molar-refractivity contribution in [1.29, 1.82) is 5.26 Å². The van der Waals surface area contributed by atoms with Crippen LogP contribution >= 0.6 is 0 Å². The summed E-state index contributed by atoms with van der Waals surface area (Å²) < 4.78 is 31.1. The molecule has 5 nitrogen and oxygen atoms in total. The van der Waals surface area contributed by atoms with Gasteiger partial charge >= 0.3 is 0 Å². The molecule has 0 N–H and O–H groups in total. The number of nitrogens with zero attached hydrogens (tertiary/aromatic N) is 2. The summed E-state index contributed by atoms with van der Waals surface area (Å²) in [6, 6.07) is 2.01. The Balaban J connectivity index is 2.52. The summed E-state index contributed by atoms with van der Waals surface area (Å²) in [5, 5.41) is 8.43. The number of unbranched alkanes of at least 4 members (excludes halogenated alkanes) is 2. The van der Waals surface area contributed by atoms with Crippen LogP contribution in [0.3, 0.4) is 0 Å². The molecule has 0 spiro atoms. The van der Waals surface area contributed by atoms with E-state index in [1.54, 1.807) is 0 Å². The highest BCUT2D eigenvalue weighted by molar-refractivity contribution is 7.89. The monoisotopic (exact) mass is 284 g/mol. The SMILES string of the molecule is C#CCN(C[C@@H]1CCCO1)S(=O)(=O)CCCCC#N. The third-order valence-corrected chi connectivity index (χ3v) is 4.90. The molecule has 0 aliphatic carbocycles. The number of hydrogen-bond acceptors (Lipinski definition) is 4. The van der Waals surface area contributed by atoms with E-state index in [1.807, 2.05) is 6.07 Å². The lowest BCUT2D eigenvalue weighted by Gasteiger charge is -2.22. The molecular weight excluding hydrogens is 264 g/mol. The lowest BCUT2D eigenvalue weighted by atomic mass is 10.2. The maximum atomic E-state index is 12.2. The Kier molecular flexibility index (Phi) is 6.86. The van der Waals surface area contributed by atoms with Crippen molar-refractivity contribution in [2.45, 2.75) is 38.2 Å². The van der Waals surface area contributed by atoms with E-state index < -0.39 is 10.0 Å². The van der Waals surface area contributed by atoms with E-state index in [9.17, 15) is 8.42 Å². The van der Waals surface area contributed by atoms with Crippen molar-refractivity contribution >= 4 is 10.0 Å². The maximum Gasteiger partial charge on any atom is 0.215 e. The van der Waals surface area contributed by atoms with Gasteiger partial charge in [-0.2, -0.15) is 9.57 Å². The highest BCUT2D eigenvalue weighted by atomic mass is 32.2. The lowest BCUT2D eigenvalue weighted by molar-refractivity contribution is 0.0960. The molecule has 0 saturated carbocycles. The van der Waals surface area contributed by atoms with Gasteiger partial charge in [0.1, 0.15) is 0 Å². The van der Waals surface area contributed by atoms with Crippen LogP contribution in [0.1, 0.15) is 32.1 Å². The molecule has 1 aliphatic rings. The molecule has 1 saturated heterocycles. The zero-order valence-electron chi connectivity index (χ0n) is 11.0. The Labute approximate surface area is 115 Å². The predicted molar refractivity (Wildman–Crippen MR) is 72.6 cm³/mol. The number of ether oxygens (including phenoxy) is 1. The van der Waals surface area contributed by atoms with Gasteiger partial charge in [-0.1, -0.05) is 5.92 Å². The molecule has 1 atom stereocenters. The number of hydrogen-bond donors (Lipinski definition) is 0. The zero-order chi connectivity index (χ0) is 14.1. The van der Waals surface area contributed by atoms with Gasteiger partial charge in [0.15, 0.2) is 0 Å². The summed E-state index contributed by atoms with van der Waals surface area (Å²) >= 11 is 0. The van der Waals surface area contributed by atoms with Crippen molar-refractivity contribution in [3.63, 3.8) is 0 Å². The molecule has 6 heteroatoms. The summed E-state index contributed by atoms with van der Waals surface area (Å²) in [4.78, 5) is 0. The first-order chi connectivity index (χ1) is 9.10. The summed E-state index contributed by atoms with van der Waals surface area (Å²) in [5.74, 6) is 2.43. The largest absolute Gasteiger partial charge is 0.377 e. The molecule has 19 heavy (non-hydrogen) atoms. The average Bonchev–Trinajstić information content (AvgIpc) is 2.87. The average molecular weight is 284 g/mol. The van der Waals surface area contributed by atoms with Gasteiger partial charge in [-0.25, -0.2) is 8.42 Å². The Morgan fingerprint density at radius 1 is 1.42 bits per heavy atom. The smallest absolute Gasteiger partial charge is 0.215 e. The van der Waals surface area contributed by atoms with E-state index >= 15 is 0 Å². The van der Waals surface area contributed by atoms with Gasteiger partial charge in [-0.15, -0.1) is 6.42 Å². The topological polar surface area (TPSA) is 70.4 Å². The summed E-state index contributed by atoms with van der Waals surface area (Å²) in [6.45, 7) is 1.11. The van der Waals surface area contributed by atoms with Gasteiger partial charge in [-0.3, -0.25) is 0 Å². The summed E-state index contributed by atoms with van der Waals surface area (Å²) in [7, 11) is -3.35.